The van der Waals surface area contributed by atoms with Crippen LogP contribution in [0.4, 0.5) is 4.79 Å². The zero-order chi connectivity index (χ0) is 15.1. The molecule has 1 amide bonds. The number of benzene rings is 1. The Morgan fingerprint density at radius 2 is 2.05 bits per heavy atom. The Labute approximate surface area is 127 Å². The number of primary amides is 1. The SMILES string of the molecule is CC(CC1CCCCC1)NCc1ccccc1OC(N)=O. The van der Waals surface area contributed by atoms with Gasteiger partial charge in [0.05, 0.1) is 0 Å². The van der Waals surface area contributed by atoms with Gasteiger partial charge in [0.1, 0.15) is 5.75 Å². The predicted octanol–water partition coefficient (Wildman–Crippen LogP) is 3.59. The first kappa shape index (κ1) is 15.8. The standard InChI is InChI=1S/C17H26N2O2/c1-13(11-14-7-3-2-4-8-14)19-12-15-9-5-6-10-16(15)21-17(18)20/h5-6,9-10,13-14,19H,2-4,7-8,11-12H2,1H3,(H2,18,20). The maximum absolute atomic E-state index is 10.9. The highest BCUT2D eigenvalue weighted by Gasteiger charge is 2.16. The first-order valence-electron chi connectivity index (χ1n) is 7.93. The fourth-order valence-electron chi connectivity index (χ4n) is 3.15. The molecular formula is C17H26N2O2. The number of carbonyl (C=O) groups excluding carboxylic acids is 1. The molecule has 0 radical (unpaired) electrons. The summed E-state index contributed by atoms with van der Waals surface area (Å²) in [6, 6.07) is 7.98. The molecule has 0 heterocycles. The van der Waals surface area contributed by atoms with Crippen LogP contribution < -0.4 is 15.8 Å². The monoisotopic (exact) mass is 290 g/mol. The van der Waals surface area contributed by atoms with Gasteiger partial charge >= 0.3 is 6.09 Å². The van der Waals surface area contributed by atoms with Gasteiger partial charge in [0.2, 0.25) is 0 Å². The van der Waals surface area contributed by atoms with Crippen LogP contribution in [0.5, 0.6) is 5.75 Å². The van der Waals surface area contributed by atoms with E-state index in [2.05, 4.69) is 12.2 Å². The lowest BCUT2D eigenvalue weighted by atomic mass is 9.85. The Balaban J connectivity index is 1.82. The molecule has 1 atom stereocenters. The number of para-hydroxylation sites is 1. The fourth-order valence-corrected chi connectivity index (χ4v) is 3.15. The normalized spacial score (nSPS) is 17.4. The van der Waals surface area contributed by atoms with E-state index in [-0.39, 0.29) is 0 Å². The number of ether oxygens (including phenoxy) is 1. The van der Waals surface area contributed by atoms with Gasteiger partial charge < -0.3 is 15.8 Å². The Bertz CT molecular complexity index is 456. The molecule has 1 aliphatic carbocycles. The third kappa shape index (κ3) is 5.38. The van der Waals surface area contributed by atoms with Crippen molar-refractivity contribution >= 4 is 6.09 Å². The lowest BCUT2D eigenvalue weighted by molar-refractivity contribution is 0.210. The number of hydrogen-bond donors (Lipinski definition) is 2. The Morgan fingerprint density at radius 3 is 2.76 bits per heavy atom. The Morgan fingerprint density at radius 1 is 1.33 bits per heavy atom. The molecule has 4 nitrogen and oxygen atoms in total. The van der Waals surface area contributed by atoms with Crippen LogP contribution in [0, 0.1) is 5.92 Å². The van der Waals surface area contributed by atoms with Crippen molar-refractivity contribution in [1.29, 1.82) is 0 Å². The van der Waals surface area contributed by atoms with Crippen LogP contribution in [-0.2, 0) is 6.54 Å². The van der Waals surface area contributed by atoms with E-state index in [1.807, 2.05) is 18.2 Å². The zero-order valence-corrected chi connectivity index (χ0v) is 12.8. The van der Waals surface area contributed by atoms with Crippen molar-refractivity contribution in [3.05, 3.63) is 29.8 Å². The summed E-state index contributed by atoms with van der Waals surface area (Å²) in [5.74, 6) is 1.40. The Hall–Kier alpha value is -1.55. The molecule has 1 unspecified atom stereocenters. The largest absolute Gasteiger partial charge is 0.410 e. The summed E-state index contributed by atoms with van der Waals surface area (Å²) < 4.78 is 5.03. The van der Waals surface area contributed by atoms with Crippen molar-refractivity contribution < 1.29 is 9.53 Å². The molecule has 0 aliphatic heterocycles. The van der Waals surface area contributed by atoms with E-state index >= 15 is 0 Å². The molecule has 1 aromatic carbocycles. The number of hydrogen-bond acceptors (Lipinski definition) is 3. The quantitative estimate of drug-likeness (QED) is 0.841. The number of rotatable bonds is 6. The number of nitrogens with one attached hydrogen (secondary N) is 1. The van der Waals surface area contributed by atoms with Crippen LogP contribution in [0.3, 0.4) is 0 Å². The zero-order valence-electron chi connectivity index (χ0n) is 12.8. The highest BCUT2D eigenvalue weighted by Crippen LogP contribution is 2.27. The maximum atomic E-state index is 10.9. The van der Waals surface area contributed by atoms with E-state index in [0.717, 1.165) is 11.5 Å². The van der Waals surface area contributed by atoms with E-state index in [0.29, 0.717) is 18.3 Å². The second kappa shape index (κ2) is 8.03. The third-order valence-corrected chi connectivity index (χ3v) is 4.24. The van der Waals surface area contributed by atoms with Crippen molar-refractivity contribution in [2.24, 2.45) is 11.7 Å². The van der Waals surface area contributed by atoms with Crippen LogP contribution in [0.1, 0.15) is 51.0 Å². The summed E-state index contributed by atoms with van der Waals surface area (Å²) in [5.41, 5.74) is 6.06. The van der Waals surface area contributed by atoms with Gasteiger partial charge in [-0.15, -0.1) is 0 Å². The molecule has 21 heavy (non-hydrogen) atoms. The van der Waals surface area contributed by atoms with Gasteiger partial charge in [-0.3, -0.25) is 0 Å². The van der Waals surface area contributed by atoms with E-state index in [1.54, 1.807) is 6.07 Å². The van der Waals surface area contributed by atoms with Gasteiger partial charge in [0.15, 0.2) is 0 Å². The van der Waals surface area contributed by atoms with Crippen LogP contribution in [0.2, 0.25) is 0 Å². The van der Waals surface area contributed by atoms with E-state index in [9.17, 15) is 4.79 Å². The lowest BCUT2D eigenvalue weighted by Gasteiger charge is -2.25. The molecular weight excluding hydrogens is 264 g/mol. The molecule has 0 aromatic heterocycles. The van der Waals surface area contributed by atoms with Crippen LogP contribution in [0.25, 0.3) is 0 Å². The summed E-state index contributed by atoms with van der Waals surface area (Å²) in [6.45, 7) is 2.92. The molecule has 1 aromatic rings. The molecule has 4 heteroatoms. The minimum atomic E-state index is -0.766. The smallest absolute Gasteiger partial charge is 0.409 e. The van der Waals surface area contributed by atoms with Gasteiger partial charge in [0.25, 0.3) is 0 Å². The number of carbonyl (C=O) groups is 1. The van der Waals surface area contributed by atoms with Crippen molar-refractivity contribution in [2.45, 2.75) is 58.0 Å². The van der Waals surface area contributed by atoms with Crippen molar-refractivity contribution in [2.75, 3.05) is 0 Å². The van der Waals surface area contributed by atoms with Gasteiger partial charge in [-0.1, -0.05) is 50.3 Å². The van der Waals surface area contributed by atoms with Gasteiger partial charge in [0, 0.05) is 18.2 Å². The second-order valence-corrected chi connectivity index (χ2v) is 6.05. The van der Waals surface area contributed by atoms with Crippen LogP contribution >= 0.6 is 0 Å². The average molecular weight is 290 g/mol. The first-order valence-corrected chi connectivity index (χ1v) is 7.93. The minimum Gasteiger partial charge on any atom is -0.410 e. The van der Waals surface area contributed by atoms with E-state index < -0.39 is 6.09 Å². The van der Waals surface area contributed by atoms with Crippen LogP contribution in [0.15, 0.2) is 24.3 Å². The fraction of sp³-hybridized carbons (Fsp3) is 0.588. The van der Waals surface area contributed by atoms with Gasteiger partial charge in [-0.2, -0.15) is 0 Å². The van der Waals surface area contributed by atoms with E-state index in [1.165, 1.54) is 38.5 Å². The molecule has 1 saturated carbocycles. The summed E-state index contributed by atoms with van der Waals surface area (Å²) in [4.78, 5) is 10.9. The Kier molecular flexibility index (Phi) is 6.05. The molecule has 0 saturated heterocycles. The maximum Gasteiger partial charge on any atom is 0.409 e. The van der Waals surface area contributed by atoms with E-state index in [4.69, 9.17) is 10.5 Å². The average Bonchev–Trinajstić information content (AvgIpc) is 2.47. The highest BCUT2D eigenvalue weighted by atomic mass is 16.5. The molecule has 116 valence electrons. The molecule has 0 spiro atoms. The highest BCUT2D eigenvalue weighted by molar-refractivity contribution is 5.68. The summed E-state index contributed by atoms with van der Waals surface area (Å²) in [6.07, 6.45) is 7.35. The molecule has 2 rings (SSSR count). The lowest BCUT2D eigenvalue weighted by Crippen LogP contribution is -2.29. The molecule has 3 N–H and O–H groups in total. The van der Waals surface area contributed by atoms with Crippen molar-refractivity contribution in [3.8, 4) is 5.75 Å². The number of nitrogens with two attached hydrogens (primary N) is 1. The topological polar surface area (TPSA) is 64.3 Å². The van der Waals surface area contributed by atoms with Gasteiger partial charge in [-0.05, 0) is 25.3 Å². The third-order valence-electron chi connectivity index (χ3n) is 4.24. The predicted molar refractivity (Wildman–Crippen MR) is 84.1 cm³/mol. The van der Waals surface area contributed by atoms with Gasteiger partial charge in [-0.25, -0.2) is 4.79 Å². The second-order valence-electron chi connectivity index (χ2n) is 6.05. The summed E-state index contributed by atoms with van der Waals surface area (Å²) >= 11 is 0. The van der Waals surface area contributed by atoms with Crippen molar-refractivity contribution in [1.82, 2.24) is 5.32 Å². The number of amides is 1. The summed E-state index contributed by atoms with van der Waals surface area (Å²) in [5, 5.41) is 3.53. The van der Waals surface area contributed by atoms with Crippen molar-refractivity contribution in [3.63, 3.8) is 0 Å². The minimum absolute atomic E-state index is 0.467. The molecule has 0 bridgehead atoms. The molecule has 1 aliphatic rings. The summed E-state index contributed by atoms with van der Waals surface area (Å²) in [7, 11) is 0. The first-order chi connectivity index (χ1) is 10.1. The molecule has 1 fully saturated rings. The van der Waals surface area contributed by atoms with Crippen LogP contribution in [-0.4, -0.2) is 12.1 Å².